The second kappa shape index (κ2) is 12.5. The van der Waals surface area contributed by atoms with E-state index < -0.39 is 16.1 Å². The van der Waals surface area contributed by atoms with E-state index in [1.54, 1.807) is 77.0 Å². The average molecular weight is 721 g/mol. The highest BCUT2D eigenvalue weighted by molar-refractivity contribution is 7.60. The molecule has 10 fully saturated rings. The summed E-state index contributed by atoms with van der Waals surface area (Å²) in [5.74, 6) is 8.01. The molecule has 8 aliphatic carbocycles. The molecule has 2 N–H and O–H groups in total. The summed E-state index contributed by atoms with van der Waals surface area (Å²) < 4.78 is 0. The summed E-state index contributed by atoms with van der Waals surface area (Å²) in [5.41, 5.74) is 3.78. The molecule has 48 heavy (non-hydrogen) atoms. The van der Waals surface area contributed by atoms with Gasteiger partial charge in [0.1, 0.15) is 0 Å². The van der Waals surface area contributed by atoms with Crippen molar-refractivity contribution < 1.29 is 0 Å². The maximum absolute atomic E-state index is 4.08. The van der Waals surface area contributed by atoms with E-state index in [2.05, 4.69) is 62.0 Å². The smallest absolute Gasteiger partial charge is 0.0774 e. The number of benzene rings is 1. The Bertz CT molecular complexity index is 1240. The Balaban J connectivity index is 1.17. The molecule has 2 nitrogen and oxygen atoms in total. The monoisotopic (exact) mass is 720 g/mol. The van der Waals surface area contributed by atoms with Crippen molar-refractivity contribution in [3.8, 4) is 0 Å². The van der Waals surface area contributed by atoms with Crippen LogP contribution in [0.5, 0.6) is 0 Å². The van der Waals surface area contributed by atoms with Gasteiger partial charge in [-0.3, -0.25) is 0 Å². The first-order valence-electron chi connectivity index (χ1n) is 21.0. The van der Waals surface area contributed by atoms with Crippen LogP contribution in [0.2, 0.25) is 39.3 Å². The minimum atomic E-state index is -1.50. The maximum Gasteiger partial charge on any atom is 0.0774 e. The van der Waals surface area contributed by atoms with Gasteiger partial charge in [-0.05, 0) is 185 Å². The highest BCUT2D eigenvalue weighted by atomic mass is 31.1. The molecule has 2 atom stereocenters. The Morgan fingerprint density at radius 2 is 0.917 bits per heavy atom. The van der Waals surface area contributed by atoms with Crippen LogP contribution in [0.1, 0.15) is 114 Å². The second-order valence-electron chi connectivity index (χ2n) is 21.4. The number of hydrogen-bond donors (Lipinski definition) is 2. The zero-order valence-electron chi connectivity index (χ0n) is 31.8. The van der Waals surface area contributed by atoms with Gasteiger partial charge in [-0.25, -0.2) is 0 Å². The van der Waals surface area contributed by atoms with Crippen LogP contribution in [0, 0.1) is 35.5 Å². The van der Waals surface area contributed by atoms with E-state index in [4.69, 9.17) is 0 Å². The summed E-state index contributed by atoms with van der Waals surface area (Å²) in [4.78, 5) is 0. The Labute approximate surface area is 299 Å². The summed E-state index contributed by atoms with van der Waals surface area (Å²) >= 11 is 0. The summed E-state index contributed by atoms with van der Waals surface area (Å²) in [6.45, 7) is 18.5. The predicted octanol–water partition coefficient (Wildman–Crippen LogP) is 10.1. The largest absolute Gasteiger partial charge is 0.310 e. The fraction of sp³-hybridized carbons (Fsp3) is 0.857. The Morgan fingerprint density at radius 1 is 0.562 bits per heavy atom. The number of hydrogen-bond acceptors (Lipinski definition) is 2. The van der Waals surface area contributed by atoms with Crippen molar-refractivity contribution in [3.05, 3.63) is 23.3 Å². The third kappa shape index (κ3) is 6.19. The van der Waals surface area contributed by atoms with Crippen molar-refractivity contribution in [1.82, 2.24) is 10.6 Å². The van der Waals surface area contributed by atoms with Crippen LogP contribution in [0.15, 0.2) is 12.1 Å². The normalized spacial score (nSPS) is 43.0. The SMILES string of the molecule is C[Si](C)(C)c1cc(CP(C2CCCN2)C2CCCN2)c(CP(C23CC4CC(CC(C4)C2)C3)C23CC4CC(CC(C4)C2)C3)cc1[Si](C)(C)C. The van der Waals surface area contributed by atoms with Crippen LogP contribution in [0.3, 0.4) is 0 Å². The van der Waals surface area contributed by atoms with E-state index in [0.717, 1.165) is 47.1 Å². The fourth-order valence-electron chi connectivity index (χ4n) is 14.6. The molecule has 0 aromatic heterocycles. The summed E-state index contributed by atoms with van der Waals surface area (Å²) in [5, 5.41) is 13.3. The molecule has 266 valence electrons. The molecule has 2 aliphatic heterocycles. The molecule has 0 amide bonds. The van der Waals surface area contributed by atoms with E-state index in [0.29, 0.717) is 10.3 Å². The average Bonchev–Trinajstić information content (AvgIpc) is 3.72. The maximum atomic E-state index is 4.08. The Kier molecular flexibility index (Phi) is 8.91. The zero-order chi connectivity index (χ0) is 33.1. The molecule has 8 bridgehead atoms. The van der Waals surface area contributed by atoms with Gasteiger partial charge in [-0.2, -0.15) is 0 Å². The van der Waals surface area contributed by atoms with Crippen molar-refractivity contribution in [2.24, 2.45) is 35.5 Å². The summed E-state index contributed by atoms with van der Waals surface area (Å²) in [6.07, 6.45) is 28.0. The topological polar surface area (TPSA) is 24.1 Å². The number of rotatable bonds is 10. The van der Waals surface area contributed by atoms with E-state index in [1.165, 1.54) is 51.1 Å². The summed E-state index contributed by atoms with van der Waals surface area (Å²) in [6, 6.07) is 5.93. The summed E-state index contributed by atoms with van der Waals surface area (Å²) in [7, 11) is -3.14. The zero-order valence-corrected chi connectivity index (χ0v) is 35.6. The molecule has 11 rings (SSSR count). The lowest BCUT2D eigenvalue weighted by atomic mass is 9.55. The van der Waals surface area contributed by atoms with Crippen LogP contribution < -0.4 is 21.0 Å². The standard InChI is InChI=1S/C42H70N2P2Si2/c1-47(2,3)37-19-35(27-45(39-9-7-11-43-39)40-10-8-12-44-40)36(20-38(37)48(4,5)6)28-46(41-21-29-13-30(22-41)15-31(14-29)23-41)42-24-32-16-33(25-42)18-34(17-32)26-42/h19-20,29-34,39-40,43-44H,7-18,21-28H2,1-6H3. The molecular weight excluding hydrogens is 651 g/mol. The lowest BCUT2D eigenvalue weighted by molar-refractivity contribution is 0.0184. The Morgan fingerprint density at radius 3 is 1.23 bits per heavy atom. The lowest BCUT2D eigenvalue weighted by Crippen LogP contribution is -2.57. The first kappa shape index (κ1) is 34.2. The molecule has 2 saturated heterocycles. The minimum Gasteiger partial charge on any atom is -0.310 e. The van der Waals surface area contributed by atoms with Crippen molar-refractivity contribution in [2.45, 2.75) is 176 Å². The van der Waals surface area contributed by atoms with Crippen LogP contribution in [0.4, 0.5) is 0 Å². The van der Waals surface area contributed by atoms with Gasteiger partial charge in [0.15, 0.2) is 0 Å². The minimum absolute atomic E-state index is 0.0300. The van der Waals surface area contributed by atoms with Crippen LogP contribution in [-0.2, 0) is 12.3 Å². The van der Waals surface area contributed by atoms with Crippen molar-refractivity contribution >= 4 is 42.4 Å². The Hall–Kier alpha value is 0.434. The third-order valence-electron chi connectivity index (χ3n) is 15.7. The molecule has 10 aliphatic rings. The number of nitrogens with one attached hydrogen (secondary N) is 2. The van der Waals surface area contributed by atoms with Gasteiger partial charge in [0.2, 0.25) is 0 Å². The van der Waals surface area contributed by atoms with Crippen molar-refractivity contribution in [3.63, 3.8) is 0 Å². The lowest BCUT2D eigenvalue weighted by Gasteiger charge is -2.67. The van der Waals surface area contributed by atoms with Gasteiger partial charge in [-0.1, -0.05) is 77.6 Å². The molecule has 8 saturated carbocycles. The van der Waals surface area contributed by atoms with E-state index in [9.17, 15) is 0 Å². The van der Waals surface area contributed by atoms with Crippen molar-refractivity contribution in [1.29, 1.82) is 0 Å². The first-order chi connectivity index (χ1) is 22.9. The molecular formula is C42H70N2P2Si2. The molecule has 0 radical (unpaired) electrons. The van der Waals surface area contributed by atoms with Crippen LogP contribution in [0.25, 0.3) is 0 Å². The molecule has 2 unspecified atom stereocenters. The molecule has 2 heterocycles. The van der Waals surface area contributed by atoms with Crippen LogP contribution >= 0.6 is 15.8 Å². The van der Waals surface area contributed by atoms with E-state index in [-0.39, 0.29) is 15.8 Å². The quantitative estimate of drug-likeness (QED) is 0.186. The van der Waals surface area contributed by atoms with E-state index >= 15 is 0 Å². The van der Waals surface area contributed by atoms with E-state index in [1.807, 2.05) is 21.5 Å². The van der Waals surface area contributed by atoms with Gasteiger partial charge in [-0.15, -0.1) is 0 Å². The van der Waals surface area contributed by atoms with Gasteiger partial charge in [0.05, 0.1) is 16.1 Å². The molecule has 6 heteroatoms. The second-order valence-corrected chi connectivity index (χ2v) is 37.2. The molecule has 1 aromatic carbocycles. The fourth-order valence-corrected chi connectivity index (χ4v) is 28.3. The van der Waals surface area contributed by atoms with Crippen LogP contribution in [-0.4, -0.2) is 51.1 Å². The predicted molar refractivity (Wildman–Crippen MR) is 218 cm³/mol. The molecule has 1 aromatic rings. The van der Waals surface area contributed by atoms with Crippen molar-refractivity contribution in [2.75, 3.05) is 13.1 Å². The highest BCUT2D eigenvalue weighted by Gasteiger charge is 2.62. The highest BCUT2D eigenvalue weighted by Crippen LogP contribution is 2.79. The van der Waals surface area contributed by atoms with Gasteiger partial charge in [0.25, 0.3) is 0 Å². The van der Waals surface area contributed by atoms with Gasteiger partial charge >= 0.3 is 0 Å². The van der Waals surface area contributed by atoms with Gasteiger partial charge < -0.3 is 10.6 Å². The van der Waals surface area contributed by atoms with Gasteiger partial charge in [0, 0.05) is 11.6 Å². The first-order valence-corrected chi connectivity index (χ1v) is 31.2. The third-order valence-corrected chi connectivity index (χ3v) is 27.2. The molecule has 0 spiro atoms.